The Balaban J connectivity index is 1.68. The van der Waals surface area contributed by atoms with Gasteiger partial charge in [0.05, 0.1) is 0 Å². The van der Waals surface area contributed by atoms with Gasteiger partial charge in [0.25, 0.3) is 11.5 Å². The van der Waals surface area contributed by atoms with Crippen LogP contribution in [0.1, 0.15) is 47.9 Å². The first-order valence-corrected chi connectivity index (χ1v) is 7.77. The van der Waals surface area contributed by atoms with Crippen molar-refractivity contribution in [1.29, 1.82) is 0 Å². The lowest BCUT2D eigenvalue weighted by Crippen LogP contribution is -2.44. The second-order valence-corrected chi connectivity index (χ2v) is 6.03. The minimum absolute atomic E-state index is 0.179. The summed E-state index contributed by atoms with van der Waals surface area (Å²) in [7, 11) is 0. The van der Waals surface area contributed by atoms with E-state index >= 15 is 0 Å². The highest BCUT2D eigenvalue weighted by Crippen LogP contribution is 2.37. The van der Waals surface area contributed by atoms with Crippen molar-refractivity contribution in [2.75, 3.05) is 0 Å². The van der Waals surface area contributed by atoms with E-state index in [4.69, 9.17) is 4.52 Å². The van der Waals surface area contributed by atoms with Crippen molar-refractivity contribution in [3.8, 4) is 0 Å². The number of imidazole rings is 1. The standard InChI is InChI=1S/C15H16N6O3/c1-9-17-14(20-24-9)15(4-2-3-5-15)19-12(22)10-8-21-7-6-16-13(23)11(21)18-10/h6-8H,2-5H2,1H3,(H,16,23)(H,19,22). The molecule has 1 aliphatic carbocycles. The number of H-pyrrole nitrogens is 1. The van der Waals surface area contributed by atoms with Crippen molar-refractivity contribution in [2.24, 2.45) is 0 Å². The Kier molecular flexibility index (Phi) is 3.22. The zero-order chi connectivity index (χ0) is 16.7. The Morgan fingerprint density at radius 2 is 2.17 bits per heavy atom. The highest BCUT2D eigenvalue weighted by molar-refractivity contribution is 5.93. The summed E-state index contributed by atoms with van der Waals surface area (Å²) >= 11 is 0. The first-order valence-electron chi connectivity index (χ1n) is 7.77. The lowest BCUT2D eigenvalue weighted by Gasteiger charge is -2.26. The van der Waals surface area contributed by atoms with Gasteiger partial charge in [0.1, 0.15) is 11.2 Å². The van der Waals surface area contributed by atoms with E-state index in [9.17, 15) is 9.59 Å². The molecule has 0 saturated heterocycles. The fourth-order valence-corrected chi connectivity index (χ4v) is 3.20. The number of aryl methyl sites for hydroxylation is 1. The number of amides is 1. The molecule has 9 heteroatoms. The molecule has 4 rings (SSSR count). The normalized spacial score (nSPS) is 16.5. The van der Waals surface area contributed by atoms with Gasteiger partial charge in [-0.3, -0.25) is 9.59 Å². The number of aromatic nitrogens is 5. The van der Waals surface area contributed by atoms with Crippen LogP contribution in [0.5, 0.6) is 0 Å². The topological polar surface area (TPSA) is 118 Å². The monoisotopic (exact) mass is 328 g/mol. The van der Waals surface area contributed by atoms with Crippen LogP contribution in [0.4, 0.5) is 0 Å². The Bertz CT molecular complexity index is 963. The van der Waals surface area contributed by atoms with Crippen LogP contribution in [-0.4, -0.2) is 30.4 Å². The molecule has 124 valence electrons. The average molecular weight is 328 g/mol. The van der Waals surface area contributed by atoms with Crippen molar-refractivity contribution >= 4 is 11.6 Å². The summed E-state index contributed by atoms with van der Waals surface area (Å²) in [5.74, 6) is 0.597. The Morgan fingerprint density at radius 3 is 2.83 bits per heavy atom. The lowest BCUT2D eigenvalue weighted by molar-refractivity contribution is 0.0887. The van der Waals surface area contributed by atoms with Crippen LogP contribution in [0, 0.1) is 6.92 Å². The molecule has 3 aromatic rings. The average Bonchev–Trinajstić information content (AvgIpc) is 3.26. The Labute approximate surface area is 136 Å². The second kappa shape index (κ2) is 5.29. The summed E-state index contributed by atoms with van der Waals surface area (Å²) in [6, 6.07) is 0. The predicted molar refractivity (Wildman–Crippen MR) is 82.5 cm³/mol. The number of fused-ring (bicyclic) bond motifs is 1. The number of nitrogens with one attached hydrogen (secondary N) is 2. The van der Waals surface area contributed by atoms with E-state index in [0.29, 0.717) is 11.7 Å². The molecule has 3 aromatic heterocycles. The molecule has 0 radical (unpaired) electrons. The highest BCUT2D eigenvalue weighted by Gasteiger charge is 2.41. The number of carbonyl (C=O) groups excluding carboxylic acids is 1. The van der Waals surface area contributed by atoms with E-state index in [1.165, 1.54) is 16.8 Å². The number of aromatic amines is 1. The van der Waals surface area contributed by atoms with Gasteiger partial charge in [0.2, 0.25) is 11.5 Å². The molecule has 0 aliphatic heterocycles. The van der Waals surface area contributed by atoms with Crippen molar-refractivity contribution in [3.05, 3.63) is 46.4 Å². The zero-order valence-corrected chi connectivity index (χ0v) is 13.1. The molecular weight excluding hydrogens is 312 g/mol. The van der Waals surface area contributed by atoms with Gasteiger partial charge in [0, 0.05) is 25.5 Å². The third kappa shape index (κ3) is 2.29. The van der Waals surface area contributed by atoms with Gasteiger partial charge in [-0.2, -0.15) is 4.98 Å². The Morgan fingerprint density at radius 1 is 1.38 bits per heavy atom. The van der Waals surface area contributed by atoms with Gasteiger partial charge in [-0.1, -0.05) is 18.0 Å². The quantitative estimate of drug-likeness (QED) is 0.738. The minimum Gasteiger partial charge on any atom is -0.340 e. The van der Waals surface area contributed by atoms with Crippen molar-refractivity contribution in [1.82, 2.24) is 29.8 Å². The number of hydrogen-bond acceptors (Lipinski definition) is 6. The van der Waals surface area contributed by atoms with Crippen molar-refractivity contribution in [3.63, 3.8) is 0 Å². The summed E-state index contributed by atoms with van der Waals surface area (Å²) in [4.78, 5) is 35.4. The third-order valence-electron chi connectivity index (χ3n) is 4.38. The van der Waals surface area contributed by atoms with Crippen LogP contribution in [0.25, 0.3) is 5.65 Å². The maximum atomic E-state index is 12.7. The molecule has 1 amide bonds. The molecule has 0 atom stereocenters. The van der Waals surface area contributed by atoms with Crippen LogP contribution >= 0.6 is 0 Å². The SMILES string of the molecule is Cc1nc(C2(NC(=O)c3cn4cc[nH]c(=O)c4n3)CCCC2)no1. The molecule has 0 unspecified atom stereocenters. The van der Waals surface area contributed by atoms with E-state index in [-0.39, 0.29) is 22.8 Å². The predicted octanol–water partition coefficient (Wildman–Crippen LogP) is 0.913. The molecule has 24 heavy (non-hydrogen) atoms. The number of rotatable bonds is 3. The number of carbonyl (C=O) groups is 1. The van der Waals surface area contributed by atoms with Gasteiger partial charge >= 0.3 is 0 Å². The number of hydrogen-bond donors (Lipinski definition) is 2. The summed E-state index contributed by atoms with van der Waals surface area (Å²) < 4.78 is 6.60. The third-order valence-corrected chi connectivity index (χ3v) is 4.38. The summed E-state index contributed by atoms with van der Waals surface area (Å²) in [6.45, 7) is 1.72. The van der Waals surface area contributed by atoms with E-state index in [1.54, 1.807) is 13.1 Å². The first-order chi connectivity index (χ1) is 11.6. The Hall–Kier alpha value is -2.97. The van der Waals surface area contributed by atoms with Gasteiger partial charge in [-0.25, -0.2) is 4.98 Å². The minimum atomic E-state index is -0.642. The fraction of sp³-hybridized carbons (Fsp3) is 0.400. The molecule has 1 saturated carbocycles. The van der Waals surface area contributed by atoms with E-state index < -0.39 is 5.54 Å². The lowest BCUT2D eigenvalue weighted by atomic mass is 9.96. The largest absolute Gasteiger partial charge is 0.340 e. The maximum absolute atomic E-state index is 12.7. The molecule has 9 nitrogen and oxygen atoms in total. The van der Waals surface area contributed by atoms with E-state index in [2.05, 4.69) is 25.4 Å². The van der Waals surface area contributed by atoms with Crippen LogP contribution in [0.3, 0.4) is 0 Å². The number of nitrogens with zero attached hydrogens (tertiary/aromatic N) is 4. The van der Waals surface area contributed by atoms with Gasteiger partial charge in [-0.15, -0.1) is 0 Å². The molecule has 1 aliphatic rings. The second-order valence-electron chi connectivity index (χ2n) is 6.03. The van der Waals surface area contributed by atoms with Crippen LogP contribution < -0.4 is 10.9 Å². The van der Waals surface area contributed by atoms with E-state index in [1.807, 2.05) is 0 Å². The smallest absolute Gasteiger partial charge is 0.291 e. The molecule has 0 bridgehead atoms. The van der Waals surface area contributed by atoms with E-state index in [0.717, 1.165) is 25.7 Å². The van der Waals surface area contributed by atoms with Gasteiger partial charge in [-0.05, 0) is 12.8 Å². The molecule has 3 heterocycles. The maximum Gasteiger partial charge on any atom is 0.291 e. The molecule has 0 aromatic carbocycles. The summed E-state index contributed by atoms with van der Waals surface area (Å²) in [5.41, 5.74) is -0.630. The van der Waals surface area contributed by atoms with Gasteiger partial charge in [0.15, 0.2) is 5.82 Å². The van der Waals surface area contributed by atoms with Crippen LogP contribution in [-0.2, 0) is 5.54 Å². The summed E-state index contributed by atoms with van der Waals surface area (Å²) in [5, 5.41) is 7.00. The van der Waals surface area contributed by atoms with Crippen LogP contribution in [0.15, 0.2) is 27.9 Å². The molecule has 2 N–H and O–H groups in total. The zero-order valence-electron chi connectivity index (χ0n) is 13.1. The van der Waals surface area contributed by atoms with Crippen LogP contribution in [0.2, 0.25) is 0 Å². The summed E-state index contributed by atoms with van der Waals surface area (Å²) in [6.07, 6.45) is 8.09. The molecule has 0 spiro atoms. The van der Waals surface area contributed by atoms with Crippen molar-refractivity contribution < 1.29 is 9.32 Å². The molecule has 1 fully saturated rings. The fourth-order valence-electron chi connectivity index (χ4n) is 3.20. The molecular formula is C15H16N6O3. The van der Waals surface area contributed by atoms with Crippen molar-refractivity contribution in [2.45, 2.75) is 38.1 Å². The highest BCUT2D eigenvalue weighted by atomic mass is 16.5. The first kappa shape index (κ1) is 14.6. The van der Waals surface area contributed by atoms with Gasteiger partial charge < -0.3 is 19.2 Å².